The van der Waals surface area contributed by atoms with Crippen LogP contribution in [0.1, 0.15) is 16.2 Å². The van der Waals surface area contributed by atoms with Gasteiger partial charge in [0.15, 0.2) is 0 Å². The van der Waals surface area contributed by atoms with Crippen molar-refractivity contribution in [1.82, 2.24) is 20.8 Å². The van der Waals surface area contributed by atoms with Crippen molar-refractivity contribution >= 4 is 28.8 Å². The Morgan fingerprint density at radius 3 is 2.57 bits per heavy atom. The largest absolute Gasteiger partial charge is 0.354 e. The average molecular weight is 401 g/mol. The molecule has 0 unspecified atom stereocenters. The molecule has 0 saturated carbocycles. The Morgan fingerprint density at radius 1 is 1.14 bits per heavy atom. The van der Waals surface area contributed by atoms with E-state index in [1.807, 2.05) is 17.5 Å². The van der Waals surface area contributed by atoms with Crippen molar-refractivity contribution < 1.29 is 19.0 Å². The molecule has 3 aromatic rings. The Kier molecular flexibility index (Phi) is 6.07. The second kappa shape index (κ2) is 8.86. The van der Waals surface area contributed by atoms with E-state index in [9.17, 15) is 19.7 Å². The van der Waals surface area contributed by atoms with Gasteiger partial charge in [0.05, 0.1) is 16.2 Å². The normalized spacial score (nSPS) is 10.4. The highest BCUT2D eigenvalue weighted by molar-refractivity contribution is 7.13. The van der Waals surface area contributed by atoms with E-state index in [1.54, 1.807) is 0 Å². The molecule has 0 atom stereocenters. The molecular formula is C17H15N5O5S. The summed E-state index contributed by atoms with van der Waals surface area (Å²) >= 11 is 1.43. The lowest BCUT2D eigenvalue weighted by molar-refractivity contribution is -0.384. The van der Waals surface area contributed by atoms with Gasteiger partial charge in [-0.3, -0.25) is 19.7 Å². The van der Waals surface area contributed by atoms with Gasteiger partial charge < -0.3 is 15.2 Å². The lowest BCUT2D eigenvalue weighted by Gasteiger charge is -2.06. The number of aromatic nitrogens is 2. The number of hydrogen-bond acceptors (Lipinski definition) is 8. The van der Waals surface area contributed by atoms with Crippen LogP contribution in [-0.2, 0) is 11.2 Å². The maximum Gasteiger partial charge on any atom is 0.316 e. The first-order valence-electron chi connectivity index (χ1n) is 8.19. The van der Waals surface area contributed by atoms with Gasteiger partial charge in [-0.25, -0.2) is 0 Å². The van der Waals surface area contributed by atoms with Crippen molar-refractivity contribution in [2.45, 2.75) is 6.42 Å². The molecule has 2 aromatic heterocycles. The Morgan fingerprint density at radius 2 is 1.89 bits per heavy atom. The van der Waals surface area contributed by atoms with E-state index in [1.165, 1.54) is 35.6 Å². The van der Waals surface area contributed by atoms with Gasteiger partial charge in [-0.1, -0.05) is 23.4 Å². The van der Waals surface area contributed by atoms with Crippen molar-refractivity contribution in [2.75, 3.05) is 13.1 Å². The Hall–Kier alpha value is -3.60. The van der Waals surface area contributed by atoms with E-state index in [4.69, 9.17) is 4.52 Å². The summed E-state index contributed by atoms with van der Waals surface area (Å²) in [6, 6.07) is 9.41. The molecule has 0 saturated heterocycles. The van der Waals surface area contributed by atoms with E-state index >= 15 is 0 Å². The summed E-state index contributed by atoms with van der Waals surface area (Å²) < 4.78 is 4.93. The predicted octanol–water partition coefficient (Wildman–Crippen LogP) is 1.80. The molecule has 3 rings (SSSR count). The van der Waals surface area contributed by atoms with Gasteiger partial charge in [0, 0.05) is 25.2 Å². The van der Waals surface area contributed by atoms with Crippen LogP contribution in [0.15, 0.2) is 46.3 Å². The number of nitro groups is 1. The first kappa shape index (κ1) is 19.2. The van der Waals surface area contributed by atoms with Gasteiger partial charge in [0.2, 0.25) is 11.7 Å². The quantitative estimate of drug-likeness (QED) is 0.333. The van der Waals surface area contributed by atoms with Crippen molar-refractivity contribution in [2.24, 2.45) is 0 Å². The molecule has 0 aliphatic carbocycles. The van der Waals surface area contributed by atoms with Crippen molar-refractivity contribution in [3.8, 4) is 10.7 Å². The topological polar surface area (TPSA) is 140 Å². The summed E-state index contributed by atoms with van der Waals surface area (Å²) in [4.78, 5) is 38.8. The van der Waals surface area contributed by atoms with Crippen molar-refractivity contribution in [3.63, 3.8) is 0 Å². The van der Waals surface area contributed by atoms with Gasteiger partial charge in [-0.2, -0.15) is 4.98 Å². The highest BCUT2D eigenvalue weighted by Crippen LogP contribution is 2.21. The van der Waals surface area contributed by atoms with Crippen LogP contribution < -0.4 is 10.6 Å². The number of non-ortho nitro benzene ring substituents is 1. The molecule has 10 nitrogen and oxygen atoms in total. The molecule has 1 aromatic carbocycles. The van der Waals surface area contributed by atoms with E-state index in [-0.39, 0.29) is 37.0 Å². The summed E-state index contributed by atoms with van der Waals surface area (Å²) in [5.74, 6) is -0.599. The molecule has 2 heterocycles. The van der Waals surface area contributed by atoms with E-state index < -0.39 is 10.8 Å². The Bertz CT molecular complexity index is 968. The van der Waals surface area contributed by atoms with Gasteiger partial charge in [-0.15, -0.1) is 11.3 Å². The lowest BCUT2D eigenvalue weighted by atomic mass is 10.1. The molecule has 2 N–H and O–H groups in total. The standard InChI is InChI=1S/C17H15N5O5S/c23-14(10-11-3-5-12(6-4-11)22(25)26)18-7-8-19-16(24)17-20-15(21-27-17)13-2-1-9-28-13/h1-6,9H,7-8,10H2,(H,18,23)(H,19,24). The fraction of sp³-hybridized carbons (Fsp3) is 0.176. The van der Waals surface area contributed by atoms with Crippen molar-refractivity contribution in [1.29, 1.82) is 0 Å². The minimum absolute atomic E-state index is 0.0323. The van der Waals surface area contributed by atoms with E-state index in [2.05, 4.69) is 20.8 Å². The van der Waals surface area contributed by atoms with Gasteiger partial charge in [-0.05, 0) is 17.0 Å². The third-order valence-electron chi connectivity index (χ3n) is 3.61. The molecule has 28 heavy (non-hydrogen) atoms. The predicted molar refractivity (Wildman–Crippen MR) is 99.8 cm³/mol. The number of benzene rings is 1. The van der Waals surface area contributed by atoms with Gasteiger partial charge in [0.25, 0.3) is 5.69 Å². The maximum absolute atomic E-state index is 12.0. The Balaban J connectivity index is 1.39. The van der Waals surface area contributed by atoms with Gasteiger partial charge in [0.1, 0.15) is 0 Å². The van der Waals surface area contributed by atoms with Crippen molar-refractivity contribution in [3.05, 3.63) is 63.3 Å². The highest BCUT2D eigenvalue weighted by atomic mass is 32.1. The fourth-order valence-corrected chi connectivity index (χ4v) is 2.91. The van der Waals surface area contributed by atoms with Gasteiger partial charge >= 0.3 is 11.8 Å². The number of thiophene rings is 1. The number of nitrogens with one attached hydrogen (secondary N) is 2. The van der Waals surface area contributed by atoms with Crippen LogP contribution in [0.4, 0.5) is 5.69 Å². The fourth-order valence-electron chi connectivity index (χ4n) is 2.26. The second-order valence-corrected chi connectivity index (χ2v) is 6.55. The molecule has 0 aliphatic rings. The summed E-state index contributed by atoms with van der Waals surface area (Å²) in [6.07, 6.45) is 0.0831. The van der Waals surface area contributed by atoms with Crippen LogP contribution in [0.3, 0.4) is 0 Å². The molecule has 144 valence electrons. The monoisotopic (exact) mass is 401 g/mol. The lowest BCUT2D eigenvalue weighted by Crippen LogP contribution is -2.35. The SMILES string of the molecule is O=C(Cc1ccc([N+](=O)[O-])cc1)NCCNC(=O)c1nc(-c2cccs2)no1. The third-order valence-corrected chi connectivity index (χ3v) is 4.47. The third kappa shape index (κ3) is 4.98. The van der Waals surface area contributed by atoms with E-state index in [0.717, 1.165) is 4.88 Å². The highest BCUT2D eigenvalue weighted by Gasteiger charge is 2.16. The number of nitrogens with zero attached hydrogens (tertiary/aromatic N) is 3. The van der Waals surface area contributed by atoms with Crippen LogP contribution in [0, 0.1) is 10.1 Å². The summed E-state index contributed by atoms with van der Waals surface area (Å²) in [7, 11) is 0. The zero-order valence-electron chi connectivity index (χ0n) is 14.5. The molecule has 0 aliphatic heterocycles. The zero-order valence-corrected chi connectivity index (χ0v) is 15.3. The smallest absolute Gasteiger partial charge is 0.316 e. The molecule has 0 spiro atoms. The van der Waals surface area contributed by atoms with Crippen LogP contribution >= 0.6 is 11.3 Å². The number of hydrogen-bond donors (Lipinski definition) is 2. The maximum atomic E-state index is 12.0. The molecule has 11 heteroatoms. The zero-order chi connectivity index (χ0) is 19.9. The first-order valence-corrected chi connectivity index (χ1v) is 9.06. The Labute approximate surface area is 162 Å². The van der Waals surface area contributed by atoms with Crippen LogP contribution in [0.5, 0.6) is 0 Å². The molecule has 2 amide bonds. The second-order valence-electron chi connectivity index (χ2n) is 5.61. The average Bonchev–Trinajstić information content (AvgIpc) is 3.36. The summed E-state index contributed by atoms with van der Waals surface area (Å²) in [5.41, 5.74) is 0.620. The summed E-state index contributed by atoms with van der Waals surface area (Å²) in [6.45, 7) is 0.394. The number of amides is 2. The minimum Gasteiger partial charge on any atom is -0.354 e. The first-order chi connectivity index (χ1) is 13.5. The van der Waals surface area contributed by atoms with E-state index in [0.29, 0.717) is 11.4 Å². The van der Waals surface area contributed by atoms with Crippen LogP contribution in [0.25, 0.3) is 10.7 Å². The molecule has 0 radical (unpaired) electrons. The molecule has 0 bridgehead atoms. The van der Waals surface area contributed by atoms with Crippen LogP contribution in [0.2, 0.25) is 0 Å². The van der Waals surface area contributed by atoms with Crippen LogP contribution in [-0.4, -0.2) is 40.0 Å². The molecular weight excluding hydrogens is 386 g/mol. The number of carbonyl (C=O) groups excluding carboxylic acids is 2. The number of carbonyl (C=O) groups is 2. The minimum atomic E-state index is -0.528. The molecule has 0 fully saturated rings. The number of nitro benzene ring substituents is 1. The summed E-state index contributed by atoms with van der Waals surface area (Å²) in [5, 5.41) is 21.4. The number of rotatable bonds is 8.